The smallest absolute Gasteiger partial charge is 0.335 e. The van der Waals surface area contributed by atoms with Crippen molar-refractivity contribution < 1.29 is 9.90 Å². The number of aromatic carboxylic acids is 1. The number of benzene rings is 1. The van der Waals surface area contributed by atoms with Gasteiger partial charge in [-0.15, -0.1) is 0 Å². The number of carbonyl (C=O) groups is 1. The van der Waals surface area contributed by atoms with Crippen molar-refractivity contribution in [1.29, 1.82) is 0 Å². The molecule has 0 amide bonds. The van der Waals surface area contributed by atoms with Gasteiger partial charge in [-0.05, 0) is 58.6 Å². The number of nitrogens with zero attached hydrogens (tertiary/aromatic N) is 2. The fraction of sp³-hybridized carbons (Fsp3) is 0.533. The highest BCUT2D eigenvalue weighted by atomic mass is 16.4. The zero-order valence-electron chi connectivity index (χ0n) is 12.5. The van der Waals surface area contributed by atoms with Crippen LogP contribution in [0.2, 0.25) is 0 Å². The quantitative estimate of drug-likeness (QED) is 0.857. The molecular weight excluding hydrogens is 240 g/mol. The standard InChI is InChI=1S/C15H24N2O2/c1-6-17(12(3)10-16(4)5)14-8-7-13(15(18)19)9-11(14)2/h7-9,12H,6,10H2,1-5H3,(H,18,19). The van der Waals surface area contributed by atoms with Gasteiger partial charge >= 0.3 is 5.97 Å². The van der Waals surface area contributed by atoms with Crippen molar-refractivity contribution in [2.75, 3.05) is 32.1 Å². The molecule has 4 heteroatoms. The molecule has 4 nitrogen and oxygen atoms in total. The maximum absolute atomic E-state index is 11.0. The molecule has 0 bridgehead atoms. The zero-order valence-corrected chi connectivity index (χ0v) is 12.5. The summed E-state index contributed by atoms with van der Waals surface area (Å²) in [5.74, 6) is -0.876. The fourth-order valence-electron chi connectivity index (χ4n) is 2.46. The van der Waals surface area contributed by atoms with E-state index in [4.69, 9.17) is 5.11 Å². The number of rotatable bonds is 6. The van der Waals surface area contributed by atoms with Gasteiger partial charge in [-0.3, -0.25) is 0 Å². The topological polar surface area (TPSA) is 43.8 Å². The lowest BCUT2D eigenvalue weighted by Gasteiger charge is -2.33. The van der Waals surface area contributed by atoms with Gasteiger partial charge in [0, 0.05) is 24.8 Å². The van der Waals surface area contributed by atoms with Crippen LogP contribution in [0.1, 0.15) is 29.8 Å². The Morgan fingerprint density at radius 3 is 2.42 bits per heavy atom. The summed E-state index contributed by atoms with van der Waals surface area (Å²) >= 11 is 0. The van der Waals surface area contributed by atoms with Gasteiger partial charge in [0.2, 0.25) is 0 Å². The minimum absolute atomic E-state index is 0.345. The minimum atomic E-state index is -0.876. The van der Waals surface area contributed by atoms with Crippen LogP contribution in [0, 0.1) is 6.92 Å². The Bertz CT molecular complexity index is 444. The molecule has 0 saturated carbocycles. The molecule has 0 spiro atoms. The predicted octanol–water partition coefficient (Wildman–Crippen LogP) is 2.47. The molecule has 0 radical (unpaired) electrons. The van der Waals surface area contributed by atoms with Gasteiger partial charge in [0.25, 0.3) is 0 Å². The second kappa shape index (κ2) is 6.57. The van der Waals surface area contributed by atoms with Crippen LogP contribution in [0.3, 0.4) is 0 Å². The van der Waals surface area contributed by atoms with Crippen LogP contribution in [0.5, 0.6) is 0 Å². The summed E-state index contributed by atoms with van der Waals surface area (Å²) in [7, 11) is 4.12. The Hall–Kier alpha value is -1.55. The first-order valence-corrected chi connectivity index (χ1v) is 6.62. The average Bonchev–Trinajstić information content (AvgIpc) is 2.30. The van der Waals surface area contributed by atoms with Crippen molar-refractivity contribution in [3.8, 4) is 0 Å². The second-order valence-electron chi connectivity index (χ2n) is 5.20. The molecule has 1 aromatic rings. The van der Waals surface area contributed by atoms with Gasteiger partial charge in [-0.1, -0.05) is 0 Å². The molecule has 0 heterocycles. The summed E-state index contributed by atoms with van der Waals surface area (Å²) in [6.07, 6.45) is 0. The monoisotopic (exact) mass is 264 g/mol. The highest BCUT2D eigenvalue weighted by molar-refractivity contribution is 5.88. The lowest BCUT2D eigenvalue weighted by atomic mass is 10.1. The number of carboxylic acid groups (broad SMARTS) is 1. The molecule has 106 valence electrons. The lowest BCUT2D eigenvalue weighted by molar-refractivity contribution is 0.0697. The third kappa shape index (κ3) is 3.96. The summed E-state index contributed by atoms with van der Waals surface area (Å²) in [5, 5.41) is 9.00. The van der Waals surface area contributed by atoms with Gasteiger partial charge in [0.05, 0.1) is 5.56 Å². The Morgan fingerprint density at radius 1 is 1.37 bits per heavy atom. The molecule has 0 aliphatic heterocycles. The number of hydrogen-bond acceptors (Lipinski definition) is 3. The van der Waals surface area contributed by atoms with E-state index in [1.165, 1.54) is 0 Å². The highest BCUT2D eigenvalue weighted by Crippen LogP contribution is 2.23. The van der Waals surface area contributed by atoms with Crippen molar-refractivity contribution in [2.45, 2.75) is 26.8 Å². The minimum Gasteiger partial charge on any atom is -0.478 e. The van der Waals surface area contributed by atoms with Gasteiger partial charge in [-0.2, -0.15) is 0 Å². The molecule has 1 rings (SSSR count). The van der Waals surface area contributed by atoms with Gasteiger partial charge in [0.1, 0.15) is 0 Å². The van der Waals surface area contributed by atoms with Crippen molar-refractivity contribution in [2.24, 2.45) is 0 Å². The third-order valence-corrected chi connectivity index (χ3v) is 3.26. The number of anilines is 1. The van der Waals surface area contributed by atoms with Crippen molar-refractivity contribution in [3.63, 3.8) is 0 Å². The Morgan fingerprint density at radius 2 is 2.00 bits per heavy atom. The highest BCUT2D eigenvalue weighted by Gasteiger charge is 2.16. The van der Waals surface area contributed by atoms with E-state index in [-0.39, 0.29) is 0 Å². The van der Waals surface area contributed by atoms with E-state index in [9.17, 15) is 4.79 Å². The van der Waals surface area contributed by atoms with Crippen LogP contribution in [-0.4, -0.2) is 49.2 Å². The number of aryl methyl sites for hydroxylation is 1. The van der Waals surface area contributed by atoms with Crippen LogP contribution in [-0.2, 0) is 0 Å². The van der Waals surface area contributed by atoms with Crippen molar-refractivity contribution >= 4 is 11.7 Å². The Labute approximate surface area is 115 Å². The molecule has 0 saturated heterocycles. The molecule has 19 heavy (non-hydrogen) atoms. The summed E-state index contributed by atoms with van der Waals surface area (Å²) in [5.41, 5.74) is 2.46. The lowest BCUT2D eigenvalue weighted by Crippen LogP contribution is -2.40. The Balaban J connectivity index is 3.02. The van der Waals surface area contributed by atoms with Crippen LogP contribution in [0.4, 0.5) is 5.69 Å². The second-order valence-corrected chi connectivity index (χ2v) is 5.20. The predicted molar refractivity (Wildman–Crippen MR) is 79.2 cm³/mol. The van der Waals surface area contributed by atoms with E-state index >= 15 is 0 Å². The van der Waals surface area contributed by atoms with Gasteiger partial charge in [0.15, 0.2) is 0 Å². The summed E-state index contributed by atoms with van der Waals surface area (Å²) in [4.78, 5) is 15.4. The summed E-state index contributed by atoms with van der Waals surface area (Å²) in [6, 6.07) is 5.71. The normalized spacial score (nSPS) is 12.5. The van der Waals surface area contributed by atoms with E-state index in [0.717, 1.165) is 24.3 Å². The molecular formula is C15H24N2O2. The maximum atomic E-state index is 11.0. The van der Waals surface area contributed by atoms with E-state index in [2.05, 4.69) is 37.7 Å². The maximum Gasteiger partial charge on any atom is 0.335 e. The van der Waals surface area contributed by atoms with E-state index in [0.29, 0.717) is 11.6 Å². The van der Waals surface area contributed by atoms with E-state index in [1.807, 2.05) is 13.0 Å². The number of likely N-dealkylation sites (N-methyl/N-ethyl adjacent to an activating group) is 2. The number of hydrogen-bond donors (Lipinski definition) is 1. The van der Waals surface area contributed by atoms with Crippen LogP contribution >= 0.6 is 0 Å². The molecule has 1 aromatic carbocycles. The molecule has 1 atom stereocenters. The zero-order chi connectivity index (χ0) is 14.6. The van der Waals surface area contributed by atoms with E-state index < -0.39 is 5.97 Å². The molecule has 0 aromatic heterocycles. The first-order valence-electron chi connectivity index (χ1n) is 6.62. The first kappa shape index (κ1) is 15.5. The van der Waals surface area contributed by atoms with E-state index in [1.54, 1.807) is 12.1 Å². The molecule has 0 aliphatic rings. The molecule has 1 unspecified atom stereocenters. The SMILES string of the molecule is CCN(c1ccc(C(=O)O)cc1C)C(C)CN(C)C. The summed E-state index contributed by atoms with van der Waals surface area (Å²) < 4.78 is 0. The first-order chi connectivity index (χ1) is 8.86. The van der Waals surface area contributed by atoms with Crippen LogP contribution < -0.4 is 4.90 Å². The Kier molecular flexibility index (Phi) is 5.36. The number of carboxylic acids is 1. The van der Waals surface area contributed by atoms with Gasteiger partial charge in [-0.25, -0.2) is 4.79 Å². The summed E-state index contributed by atoms with van der Waals surface area (Å²) in [6.45, 7) is 8.15. The average molecular weight is 264 g/mol. The largest absolute Gasteiger partial charge is 0.478 e. The fourth-order valence-corrected chi connectivity index (χ4v) is 2.46. The molecule has 0 fully saturated rings. The van der Waals surface area contributed by atoms with Crippen LogP contribution in [0.15, 0.2) is 18.2 Å². The van der Waals surface area contributed by atoms with Gasteiger partial charge < -0.3 is 14.9 Å². The van der Waals surface area contributed by atoms with Crippen molar-refractivity contribution in [3.05, 3.63) is 29.3 Å². The molecule has 1 N–H and O–H groups in total. The molecule has 0 aliphatic carbocycles. The third-order valence-electron chi connectivity index (χ3n) is 3.26. The van der Waals surface area contributed by atoms with Crippen LogP contribution in [0.25, 0.3) is 0 Å². The van der Waals surface area contributed by atoms with Crippen molar-refractivity contribution in [1.82, 2.24) is 4.90 Å².